The third kappa shape index (κ3) is 5.19. The van der Waals surface area contributed by atoms with Crippen molar-refractivity contribution in [2.75, 3.05) is 0 Å². The molecule has 0 heterocycles. The first-order chi connectivity index (χ1) is 10.5. The Morgan fingerprint density at radius 1 is 0.957 bits per heavy atom. The van der Waals surface area contributed by atoms with E-state index in [4.69, 9.17) is 9.66 Å². The van der Waals surface area contributed by atoms with Crippen molar-refractivity contribution in [1.29, 1.82) is 0 Å². The molecule has 0 saturated carbocycles. The van der Waals surface area contributed by atoms with Gasteiger partial charge in [-0.05, 0) is 62.1 Å². The van der Waals surface area contributed by atoms with E-state index in [-0.39, 0.29) is 4.90 Å². The van der Waals surface area contributed by atoms with Gasteiger partial charge in [0.1, 0.15) is 0 Å². The van der Waals surface area contributed by atoms with Gasteiger partial charge in [0.25, 0.3) is 10.1 Å². The zero-order chi connectivity index (χ0) is 17.8. The highest BCUT2D eigenvalue weighted by Gasteiger charge is 2.12. The molecular formula is C17H20O5S. The minimum Gasteiger partial charge on any atom is -0.478 e. The molecule has 124 valence electrons. The fourth-order valence-corrected chi connectivity index (χ4v) is 2.78. The maximum absolute atomic E-state index is 10.8. The standard InChI is InChI=1S/C9H10O2.C8H10O3S/c1-6-4-3-5-8(7(6)2)9(10)11;1-6-3-4-7(2)8(5-6)12(9,10)11/h3-5H,1-2H3,(H,10,11);3-5H,1-2H3,(H,9,10,11). The normalized spacial score (nSPS) is 10.7. The summed E-state index contributed by atoms with van der Waals surface area (Å²) in [6.45, 7) is 7.14. The Morgan fingerprint density at radius 3 is 2.00 bits per heavy atom. The topological polar surface area (TPSA) is 91.7 Å². The van der Waals surface area contributed by atoms with Gasteiger partial charge in [-0.3, -0.25) is 4.55 Å². The predicted octanol–water partition coefficient (Wildman–Crippen LogP) is 3.55. The molecule has 0 atom stereocenters. The van der Waals surface area contributed by atoms with Gasteiger partial charge in [-0.25, -0.2) is 4.79 Å². The van der Waals surface area contributed by atoms with E-state index in [0.717, 1.165) is 16.7 Å². The Balaban J connectivity index is 0.000000231. The molecule has 0 amide bonds. The minimum atomic E-state index is -4.06. The molecule has 0 aliphatic rings. The van der Waals surface area contributed by atoms with Crippen LogP contribution in [0.3, 0.4) is 0 Å². The first kappa shape index (κ1) is 18.9. The number of carboxylic acids is 1. The molecule has 0 aliphatic heterocycles. The first-order valence-electron chi connectivity index (χ1n) is 6.88. The molecule has 23 heavy (non-hydrogen) atoms. The number of carboxylic acid groups (broad SMARTS) is 1. The maximum atomic E-state index is 10.8. The Morgan fingerprint density at radius 2 is 1.57 bits per heavy atom. The zero-order valence-electron chi connectivity index (χ0n) is 13.5. The summed E-state index contributed by atoms with van der Waals surface area (Å²) < 4.78 is 30.3. The highest BCUT2D eigenvalue weighted by atomic mass is 32.2. The molecule has 0 bridgehead atoms. The molecule has 0 unspecified atom stereocenters. The molecule has 2 N–H and O–H groups in total. The van der Waals surface area contributed by atoms with Gasteiger partial charge in [-0.15, -0.1) is 0 Å². The van der Waals surface area contributed by atoms with E-state index in [1.807, 2.05) is 19.9 Å². The van der Waals surface area contributed by atoms with Crippen molar-refractivity contribution in [3.63, 3.8) is 0 Å². The number of aryl methyl sites for hydroxylation is 3. The summed E-state index contributed by atoms with van der Waals surface area (Å²) in [5, 5.41) is 8.69. The van der Waals surface area contributed by atoms with E-state index in [9.17, 15) is 13.2 Å². The largest absolute Gasteiger partial charge is 0.478 e. The van der Waals surface area contributed by atoms with Crippen LogP contribution in [-0.4, -0.2) is 24.0 Å². The van der Waals surface area contributed by atoms with E-state index < -0.39 is 16.1 Å². The van der Waals surface area contributed by atoms with Crippen LogP contribution in [-0.2, 0) is 10.1 Å². The van der Waals surface area contributed by atoms with Crippen LogP contribution in [0, 0.1) is 27.7 Å². The van der Waals surface area contributed by atoms with E-state index in [0.29, 0.717) is 11.1 Å². The highest BCUT2D eigenvalue weighted by molar-refractivity contribution is 7.85. The monoisotopic (exact) mass is 336 g/mol. The first-order valence-corrected chi connectivity index (χ1v) is 8.32. The lowest BCUT2D eigenvalue weighted by Gasteiger charge is -2.02. The maximum Gasteiger partial charge on any atom is 0.335 e. The lowest BCUT2D eigenvalue weighted by atomic mass is 10.0. The lowest BCUT2D eigenvalue weighted by molar-refractivity contribution is 0.0696. The van der Waals surface area contributed by atoms with Crippen molar-refractivity contribution in [2.24, 2.45) is 0 Å². The van der Waals surface area contributed by atoms with Gasteiger partial charge >= 0.3 is 5.97 Å². The van der Waals surface area contributed by atoms with Crippen LogP contribution in [0.5, 0.6) is 0 Å². The second kappa shape index (κ2) is 7.39. The van der Waals surface area contributed by atoms with Gasteiger partial charge in [-0.1, -0.05) is 24.3 Å². The molecular weight excluding hydrogens is 316 g/mol. The Kier molecular flexibility index (Phi) is 6.06. The molecule has 5 nitrogen and oxygen atoms in total. The lowest BCUT2D eigenvalue weighted by Crippen LogP contribution is -2.00. The summed E-state index contributed by atoms with van der Waals surface area (Å²) in [4.78, 5) is 10.6. The van der Waals surface area contributed by atoms with E-state index >= 15 is 0 Å². The van der Waals surface area contributed by atoms with E-state index in [2.05, 4.69) is 0 Å². The average Bonchev–Trinajstić information content (AvgIpc) is 2.44. The molecule has 2 aromatic rings. The molecule has 2 aromatic carbocycles. The highest BCUT2D eigenvalue weighted by Crippen LogP contribution is 2.15. The van der Waals surface area contributed by atoms with Crippen molar-refractivity contribution in [1.82, 2.24) is 0 Å². The molecule has 0 fully saturated rings. The molecule has 0 radical (unpaired) electrons. The summed E-state index contributed by atoms with van der Waals surface area (Å²) >= 11 is 0. The number of aromatic carboxylic acids is 1. The number of hydrogen-bond donors (Lipinski definition) is 2. The van der Waals surface area contributed by atoms with E-state index in [1.54, 1.807) is 38.1 Å². The number of carbonyl (C=O) groups is 1. The summed E-state index contributed by atoms with van der Waals surface area (Å²) in [6.07, 6.45) is 0. The van der Waals surface area contributed by atoms with Gasteiger partial charge in [0, 0.05) is 0 Å². The van der Waals surface area contributed by atoms with Crippen molar-refractivity contribution in [2.45, 2.75) is 32.6 Å². The summed E-state index contributed by atoms with van der Waals surface area (Å²) in [6, 6.07) is 10.2. The van der Waals surface area contributed by atoms with Crippen LogP contribution in [0.15, 0.2) is 41.3 Å². The second-order valence-electron chi connectivity index (χ2n) is 5.30. The summed E-state index contributed by atoms with van der Waals surface area (Å²) in [7, 11) is -4.06. The average molecular weight is 336 g/mol. The van der Waals surface area contributed by atoms with Crippen LogP contribution in [0.25, 0.3) is 0 Å². The van der Waals surface area contributed by atoms with E-state index in [1.165, 1.54) is 6.07 Å². The van der Waals surface area contributed by atoms with Crippen LogP contribution in [0.1, 0.15) is 32.6 Å². The smallest absolute Gasteiger partial charge is 0.335 e. The quantitative estimate of drug-likeness (QED) is 0.818. The molecule has 0 aromatic heterocycles. The van der Waals surface area contributed by atoms with Crippen LogP contribution >= 0.6 is 0 Å². The fourth-order valence-electron chi connectivity index (χ4n) is 1.97. The second-order valence-corrected chi connectivity index (χ2v) is 6.69. The third-order valence-corrected chi connectivity index (χ3v) is 4.45. The Bertz CT molecular complexity index is 823. The van der Waals surface area contributed by atoms with Crippen molar-refractivity contribution >= 4 is 16.1 Å². The zero-order valence-corrected chi connectivity index (χ0v) is 14.3. The van der Waals surface area contributed by atoms with Crippen LogP contribution < -0.4 is 0 Å². The van der Waals surface area contributed by atoms with Gasteiger partial charge in [0.05, 0.1) is 10.5 Å². The summed E-state index contributed by atoms with van der Waals surface area (Å²) in [5.74, 6) is -0.855. The molecule has 6 heteroatoms. The van der Waals surface area contributed by atoms with Crippen molar-refractivity contribution in [3.8, 4) is 0 Å². The third-order valence-electron chi connectivity index (χ3n) is 3.46. The molecule has 0 spiro atoms. The predicted molar refractivity (Wildman–Crippen MR) is 88.6 cm³/mol. The number of hydrogen-bond acceptors (Lipinski definition) is 3. The van der Waals surface area contributed by atoms with Crippen LogP contribution in [0.4, 0.5) is 0 Å². The molecule has 2 rings (SSSR count). The summed E-state index contributed by atoms with van der Waals surface area (Å²) in [5.41, 5.74) is 3.63. The minimum absolute atomic E-state index is 0.0116. The van der Waals surface area contributed by atoms with Crippen LogP contribution in [0.2, 0.25) is 0 Å². The van der Waals surface area contributed by atoms with Gasteiger partial charge in [-0.2, -0.15) is 8.42 Å². The number of rotatable bonds is 2. The SMILES string of the molecule is Cc1ccc(C)c(S(=O)(=O)O)c1.Cc1cccc(C(=O)O)c1C. The van der Waals surface area contributed by atoms with Gasteiger partial charge in [0.15, 0.2) is 0 Å². The van der Waals surface area contributed by atoms with Gasteiger partial charge in [0.2, 0.25) is 0 Å². The van der Waals surface area contributed by atoms with Crippen molar-refractivity contribution < 1.29 is 22.9 Å². The Labute approximate surface area is 136 Å². The van der Waals surface area contributed by atoms with Gasteiger partial charge < -0.3 is 5.11 Å². The number of benzene rings is 2. The molecule has 0 aliphatic carbocycles. The van der Waals surface area contributed by atoms with Crippen molar-refractivity contribution in [3.05, 3.63) is 64.2 Å². The fraction of sp³-hybridized carbons (Fsp3) is 0.235. The Hall–Kier alpha value is -2.18. The molecule has 0 saturated heterocycles.